The van der Waals surface area contributed by atoms with Crippen molar-refractivity contribution in [2.75, 3.05) is 19.3 Å². The summed E-state index contributed by atoms with van der Waals surface area (Å²) in [6.07, 6.45) is 1.86. The topological polar surface area (TPSA) is 61.2 Å². The third-order valence-electron chi connectivity index (χ3n) is 2.87. The zero-order valence-electron chi connectivity index (χ0n) is 11.7. The number of sulfonamides is 1. The monoisotopic (exact) mass is 350 g/mol. The van der Waals surface area contributed by atoms with E-state index in [1.54, 1.807) is 0 Å². The second-order valence-electron chi connectivity index (χ2n) is 4.47. The van der Waals surface area contributed by atoms with Gasteiger partial charge in [-0.2, -0.15) is 21.3 Å². The van der Waals surface area contributed by atoms with E-state index in [0.717, 1.165) is 4.31 Å². The van der Waals surface area contributed by atoms with Gasteiger partial charge in [-0.25, -0.2) is 12.8 Å². The van der Waals surface area contributed by atoms with Crippen LogP contribution in [0.3, 0.4) is 0 Å². The number of hydrogen-bond donors (Lipinski definition) is 0. The van der Waals surface area contributed by atoms with E-state index in [1.807, 2.05) is 19.2 Å². The van der Waals surface area contributed by atoms with Gasteiger partial charge in [0, 0.05) is 17.4 Å². The minimum atomic E-state index is -3.78. The summed E-state index contributed by atoms with van der Waals surface area (Å²) in [5.74, 6) is -1.25. The van der Waals surface area contributed by atoms with Crippen LogP contribution in [-0.4, -0.2) is 37.3 Å². The van der Waals surface area contributed by atoms with E-state index in [4.69, 9.17) is 16.9 Å². The fourth-order valence-electron chi connectivity index (χ4n) is 1.66. The number of hydrogen-bond acceptors (Lipinski definition) is 4. The molecule has 0 aliphatic rings. The minimum absolute atomic E-state index is 0.00208. The van der Waals surface area contributed by atoms with E-state index in [9.17, 15) is 12.8 Å². The van der Waals surface area contributed by atoms with E-state index in [-0.39, 0.29) is 28.9 Å². The van der Waals surface area contributed by atoms with Crippen molar-refractivity contribution in [3.05, 3.63) is 34.6 Å². The summed E-state index contributed by atoms with van der Waals surface area (Å²) in [6, 6.07) is 6.06. The summed E-state index contributed by atoms with van der Waals surface area (Å²) in [4.78, 5) is 0. The first-order valence-corrected chi connectivity index (χ1v) is 9.39. The third-order valence-corrected chi connectivity index (χ3v) is 5.86. The second-order valence-corrected chi connectivity index (χ2v) is 8.12. The van der Waals surface area contributed by atoms with Crippen LogP contribution in [0.5, 0.6) is 0 Å². The SMILES string of the molecule is CSC(C)CN(CC#N)S(=O)(=O)Cc1cccc(Cl)c1F. The van der Waals surface area contributed by atoms with Crippen LogP contribution in [0.1, 0.15) is 12.5 Å². The summed E-state index contributed by atoms with van der Waals surface area (Å²) < 4.78 is 39.6. The molecule has 0 saturated carbocycles. The van der Waals surface area contributed by atoms with E-state index in [2.05, 4.69) is 0 Å². The highest BCUT2D eigenvalue weighted by molar-refractivity contribution is 7.99. The number of rotatable bonds is 7. The van der Waals surface area contributed by atoms with Crippen molar-refractivity contribution >= 4 is 33.4 Å². The molecule has 0 fully saturated rings. The molecule has 0 bridgehead atoms. The Kier molecular flexibility index (Phi) is 6.94. The van der Waals surface area contributed by atoms with Crippen molar-refractivity contribution in [1.29, 1.82) is 5.26 Å². The molecule has 1 unspecified atom stereocenters. The van der Waals surface area contributed by atoms with Crippen LogP contribution in [-0.2, 0) is 15.8 Å². The van der Waals surface area contributed by atoms with Gasteiger partial charge in [0.2, 0.25) is 10.0 Å². The van der Waals surface area contributed by atoms with E-state index >= 15 is 0 Å². The maximum atomic E-state index is 13.8. The molecule has 1 aromatic rings. The first-order chi connectivity index (χ1) is 9.81. The van der Waals surface area contributed by atoms with Crippen LogP contribution in [0.2, 0.25) is 5.02 Å². The summed E-state index contributed by atoms with van der Waals surface area (Å²) >= 11 is 7.15. The number of halogens is 2. The molecule has 21 heavy (non-hydrogen) atoms. The standard InChI is InChI=1S/C13H16ClFN2O2S2/c1-10(20-2)8-17(7-6-16)21(18,19)9-11-4-3-5-12(14)13(11)15/h3-5,10H,7-9H2,1-2H3. The third kappa shape index (κ3) is 5.15. The lowest BCUT2D eigenvalue weighted by Crippen LogP contribution is -2.37. The Balaban J connectivity index is 3.01. The highest BCUT2D eigenvalue weighted by Gasteiger charge is 2.25. The van der Waals surface area contributed by atoms with Gasteiger partial charge in [0.15, 0.2) is 0 Å². The normalized spacial score (nSPS) is 13.1. The van der Waals surface area contributed by atoms with Gasteiger partial charge >= 0.3 is 0 Å². The van der Waals surface area contributed by atoms with Crippen molar-refractivity contribution in [2.24, 2.45) is 0 Å². The molecule has 0 saturated heterocycles. The lowest BCUT2D eigenvalue weighted by atomic mass is 10.2. The molecule has 0 spiro atoms. The van der Waals surface area contributed by atoms with E-state index in [0.29, 0.717) is 0 Å². The van der Waals surface area contributed by atoms with Crippen LogP contribution < -0.4 is 0 Å². The van der Waals surface area contributed by atoms with Crippen molar-refractivity contribution in [2.45, 2.75) is 17.9 Å². The summed E-state index contributed by atoms with van der Waals surface area (Å²) in [5, 5.41) is 8.71. The maximum absolute atomic E-state index is 13.8. The molecule has 0 aliphatic carbocycles. The van der Waals surface area contributed by atoms with Gasteiger partial charge in [0.1, 0.15) is 12.4 Å². The molecule has 0 aliphatic heterocycles. The van der Waals surface area contributed by atoms with Gasteiger partial charge in [0.05, 0.1) is 16.8 Å². The Hall–Kier alpha value is -0.810. The number of benzene rings is 1. The zero-order valence-corrected chi connectivity index (χ0v) is 14.1. The molecule has 0 radical (unpaired) electrons. The van der Waals surface area contributed by atoms with Crippen LogP contribution >= 0.6 is 23.4 Å². The fourth-order valence-corrected chi connectivity index (χ4v) is 3.79. The van der Waals surface area contributed by atoms with Gasteiger partial charge in [-0.1, -0.05) is 30.7 Å². The van der Waals surface area contributed by atoms with Crippen LogP contribution in [0.15, 0.2) is 18.2 Å². The van der Waals surface area contributed by atoms with Crippen LogP contribution in [0.25, 0.3) is 0 Å². The summed E-state index contributed by atoms with van der Waals surface area (Å²) in [5.41, 5.74) is 0.00208. The lowest BCUT2D eigenvalue weighted by molar-refractivity contribution is 0.446. The predicted molar refractivity (Wildman–Crippen MR) is 84.2 cm³/mol. The number of nitrogens with zero attached hydrogens (tertiary/aromatic N) is 2. The largest absolute Gasteiger partial charge is 0.219 e. The highest BCUT2D eigenvalue weighted by Crippen LogP contribution is 2.21. The van der Waals surface area contributed by atoms with E-state index in [1.165, 1.54) is 30.0 Å². The number of nitriles is 1. The first-order valence-electron chi connectivity index (χ1n) is 6.12. The van der Waals surface area contributed by atoms with Gasteiger partial charge in [-0.3, -0.25) is 0 Å². The molecule has 0 N–H and O–H groups in total. The van der Waals surface area contributed by atoms with Crippen molar-refractivity contribution in [3.63, 3.8) is 0 Å². The molecule has 1 atom stereocenters. The van der Waals surface area contributed by atoms with Crippen LogP contribution in [0.4, 0.5) is 4.39 Å². The molecular formula is C13H16ClFN2O2S2. The molecule has 1 aromatic carbocycles. The molecule has 8 heteroatoms. The Morgan fingerprint density at radius 3 is 2.76 bits per heavy atom. The number of thioether (sulfide) groups is 1. The summed E-state index contributed by atoms with van der Waals surface area (Å²) in [7, 11) is -3.78. The average Bonchev–Trinajstić information content (AvgIpc) is 2.43. The van der Waals surface area contributed by atoms with Crippen molar-refractivity contribution in [3.8, 4) is 6.07 Å². The molecule has 1 rings (SSSR count). The Labute approximate surface area is 133 Å². The quantitative estimate of drug-likeness (QED) is 0.709. The van der Waals surface area contributed by atoms with Crippen molar-refractivity contribution < 1.29 is 12.8 Å². The fraction of sp³-hybridized carbons (Fsp3) is 0.462. The molecule has 116 valence electrons. The smallest absolute Gasteiger partial charge is 0.212 e. The van der Waals surface area contributed by atoms with E-state index < -0.39 is 21.6 Å². The zero-order chi connectivity index (χ0) is 16.0. The second kappa shape index (κ2) is 7.99. The average molecular weight is 351 g/mol. The van der Waals surface area contributed by atoms with Crippen molar-refractivity contribution in [1.82, 2.24) is 4.31 Å². The van der Waals surface area contributed by atoms with Gasteiger partial charge in [0.25, 0.3) is 0 Å². The maximum Gasteiger partial charge on any atom is 0.219 e. The molecule has 0 aromatic heterocycles. The highest BCUT2D eigenvalue weighted by atomic mass is 35.5. The lowest BCUT2D eigenvalue weighted by Gasteiger charge is -2.22. The first kappa shape index (κ1) is 18.2. The molecule has 0 amide bonds. The minimum Gasteiger partial charge on any atom is -0.212 e. The van der Waals surface area contributed by atoms with Gasteiger partial charge in [-0.05, 0) is 12.3 Å². The predicted octanol–water partition coefficient (Wildman–Crippen LogP) is 2.89. The molecular weight excluding hydrogens is 335 g/mol. The van der Waals surface area contributed by atoms with Crippen LogP contribution in [0, 0.1) is 17.1 Å². The van der Waals surface area contributed by atoms with Gasteiger partial charge < -0.3 is 0 Å². The Morgan fingerprint density at radius 2 is 2.19 bits per heavy atom. The Morgan fingerprint density at radius 1 is 1.52 bits per heavy atom. The Bertz CT molecular complexity index is 632. The summed E-state index contributed by atoms with van der Waals surface area (Å²) in [6.45, 7) is 1.82. The van der Waals surface area contributed by atoms with Gasteiger partial charge in [-0.15, -0.1) is 0 Å². The molecule has 4 nitrogen and oxygen atoms in total. The molecule has 0 heterocycles.